The van der Waals surface area contributed by atoms with Gasteiger partial charge in [-0.05, 0) is 36.5 Å². The highest BCUT2D eigenvalue weighted by Gasteiger charge is 2.26. The molecular weight excluding hydrogens is 371 g/mol. The highest BCUT2D eigenvalue weighted by atomic mass is 35.5. The van der Waals surface area contributed by atoms with Gasteiger partial charge in [-0.15, -0.1) is 0 Å². The van der Waals surface area contributed by atoms with Gasteiger partial charge in [-0.25, -0.2) is 0 Å². The second kappa shape index (κ2) is 8.58. The molecule has 2 aromatic carbocycles. The third-order valence-corrected chi connectivity index (χ3v) is 4.69. The summed E-state index contributed by atoms with van der Waals surface area (Å²) in [5.41, 5.74) is 4.05. The molecule has 0 aromatic heterocycles. The van der Waals surface area contributed by atoms with Crippen LogP contribution in [0.3, 0.4) is 0 Å². The molecule has 0 unspecified atom stereocenters. The summed E-state index contributed by atoms with van der Waals surface area (Å²) in [5, 5.41) is 0.730. The molecule has 1 N–H and O–H groups in total. The van der Waals surface area contributed by atoms with Crippen LogP contribution in [0.1, 0.15) is 18.4 Å². The van der Waals surface area contributed by atoms with Crippen LogP contribution in [0.2, 0.25) is 10.0 Å². The molecule has 1 amide bonds. The highest BCUT2D eigenvalue weighted by Crippen LogP contribution is 2.35. The molecule has 1 aliphatic carbocycles. The largest absolute Gasteiger partial charge is 0.275 e. The smallest absolute Gasteiger partial charge is 0.237 e. The average Bonchev–Trinajstić information content (AvgIpc) is 3.43. The van der Waals surface area contributed by atoms with Crippen LogP contribution in [0.15, 0.2) is 60.9 Å². The molecule has 3 rings (SSSR count). The predicted octanol–water partition coefficient (Wildman–Crippen LogP) is 4.97. The van der Waals surface area contributed by atoms with Crippen molar-refractivity contribution in [1.29, 1.82) is 0 Å². The lowest BCUT2D eigenvalue weighted by Crippen LogP contribution is -2.38. The zero-order chi connectivity index (χ0) is 18.5. The summed E-state index contributed by atoms with van der Waals surface area (Å²) in [5.74, 6) is 0.646. The number of hydrogen-bond acceptors (Lipinski definition) is 3. The van der Waals surface area contributed by atoms with E-state index in [1.807, 2.05) is 30.3 Å². The first-order valence-electron chi connectivity index (χ1n) is 8.44. The summed E-state index contributed by atoms with van der Waals surface area (Å²) in [6.07, 6.45) is 2.52. The van der Waals surface area contributed by atoms with Crippen molar-refractivity contribution < 1.29 is 9.63 Å². The van der Waals surface area contributed by atoms with Gasteiger partial charge in [-0.1, -0.05) is 66.2 Å². The monoisotopic (exact) mass is 390 g/mol. The number of carbonyl (C=O) groups excluding carboxylic acids is 1. The van der Waals surface area contributed by atoms with Crippen molar-refractivity contribution in [3.05, 3.63) is 76.5 Å². The minimum Gasteiger partial charge on any atom is -0.275 e. The Balaban J connectivity index is 1.82. The lowest BCUT2D eigenvalue weighted by Gasteiger charge is -2.27. The number of hydroxylamine groups is 1. The first-order valence-corrected chi connectivity index (χ1v) is 9.19. The molecule has 0 spiro atoms. The van der Waals surface area contributed by atoms with Gasteiger partial charge in [-0.2, -0.15) is 0 Å². The Morgan fingerprint density at radius 2 is 1.77 bits per heavy atom. The van der Waals surface area contributed by atoms with E-state index in [9.17, 15) is 4.79 Å². The minimum atomic E-state index is -0.210. The molecular formula is C20H20Cl2N2O2. The van der Waals surface area contributed by atoms with Crippen molar-refractivity contribution in [2.75, 3.05) is 11.5 Å². The van der Waals surface area contributed by atoms with Crippen LogP contribution in [0.4, 0.5) is 5.69 Å². The molecule has 1 aliphatic rings. The number of hydrogen-bond donors (Lipinski definition) is 1. The van der Waals surface area contributed by atoms with Crippen molar-refractivity contribution in [1.82, 2.24) is 5.48 Å². The summed E-state index contributed by atoms with van der Waals surface area (Å²) in [4.78, 5) is 19.9. The van der Waals surface area contributed by atoms with E-state index >= 15 is 0 Å². The Hall–Kier alpha value is -2.01. The molecule has 2 aromatic rings. The maximum absolute atomic E-state index is 13.0. The topological polar surface area (TPSA) is 41.6 Å². The van der Waals surface area contributed by atoms with Gasteiger partial charge in [0.05, 0.1) is 28.8 Å². The second-order valence-electron chi connectivity index (χ2n) is 6.26. The predicted molar refractivity (Wildman–Crippen MR) is 105 cm³/mol. The molecule has 0 saturated heterocycles. The first kappa shape index (κ1) is 18.8. The van der Waals surface area contributed by atoms with Gasteiger partial charge in [0.15, 0.2) is 0 Å². The number of anilines is 1. The third kappa shape index (κ3) is 4.79. The summed E-state index contributed by atoms with van der Waals surface area (Å²) in [6, 6.07) is 14.6. The molecule has 0 radical (unpaired) electrons. The number of carbonyl (C=O) groups is 1. The van der Waals surface area contributed by atoms with Gasteiger partial charge in [-0.3, -0.25) is 20.0 Å². The number of nitrogens with zero attached hydrogens (tertiary/aromatic N) is 1. The van der Waals surface area contributed by atoms with Crippen LogP contribution in [0.25, 0.3) is 0 Å². The van der Waals surface area contributed by atoms with Gasteiger partial charge in [0.1, 0.15) is 5.82 Å². The Bertz CT molecular complexity index is 771. The van der Waals surface area contributed by atoms with E-state index in [0.29, 0.717) is 28.3 Å². The van der Waals surface area contributed by atoms with E-state index in [-0.39, 0.29) is 18.1 Å². The van der Waals surface area contributed by atoms with Gasteiger partial charge < -0.3 is 0 Å². The number of rotatable bonds is 8. The van der Waals surface area contributed by atoms with Crippen LogP contribution >= 0.6 is 23.2 Å². The van der Waals surface area contributed by atoms with Gasteiger partial charge in [0, 0.05) is 0 Å². The minimum absolute atomic E-state index is 0.186. The van der Waals surface area contributed by atoms with Crippen molar-refractivity contribution in [3.63, 3.8) is 0 Å². The van der Waals surface area contributed by atoms with E-state index in [2.05, 4.69) is 12.1 Å². The quantitative estimate of drug-likeness (QED) is 0.646. The molecule has 6 heteroatoms. The molecule has 1 fully saturated rings. The van der Waals surface area contributed by atoms with Crippen molar-refractivity contribution >= 4 is 34.8 Å². The third-order valence-electron chi connectivity index (χ3n) is 4.08. The average molecular weight is 391 g/mol. The number of halogens is 2. The van der Waals surface area contributed by atoms with E-state index in [1.165, 1.54) is 17.7 Å². The molecule has 0 bridgehead atoms. The van der Waals surface area contributed by atoms with E-state index in [4.69, 9.17) is 28.0 Å². The summed E-state index contributed by atoms with van der Waals surface area (Å²) < 4.78 is 0. The van der Waals surface area contributed by atoms with Gasteiger partial charge in [0.25, 0.3) is 0 Å². The Morgan fingerprint density at radius 3 is 2.38 bits per heavy atom. The van der Waals surface area contributed by atoms with Gasteiger partial charge >= 0.3 is 0 Å². The number of nitrogens with one attached hydrogen (secondary N) is 1. The fourth-order valence-electron chi connectivity index (χ4n) is 2.54. The summed E-state index contributed by atoms with van der Waals surface area (Å²) in [7, 11) is 0. The molecule has 136 valence electrons. The van der Waals surface area contributed by atoms with Crippen LogP contribution in [0.5, 0.6) is 0 Å². The molecule has 4 nitrogen and oxygen atoms in total. The van der Waals surface area contributed by atoms with E-state index < -0.39 is 0 Å². The molecule has 26 heavy (non-hydrogen) atoms. The number of amides is 1. The van der Waals surface area contributed by atoms with Crippen LogP contribution in [0, 0.1) is 5.92 Å². The van der Waals surface area contributed by atoms with Crippen LogP contribution in [-0.2, 0) is 16.1 Å². The van der Waals surface area contributed by atoms with Crippen molar-refractivity contribution in [2.24, 2.45) is 5.92 Å². The summed E-state index contributed by atoms with van der Waals surface area (Å²) >= 11 is 12.6. The number of para-hydroxylation sites is 1. The fourth-order valence-corrected chi connectivity index (χ4v) is 3.10. The van der Waals surface area contributed by atoms with Crippen LogP contribution < -0.4 is 10.4 Å². The second-order valence-corrected chi connectivity index (χ2v) is 7.08. The van der Waals surface area contributed by atoms with Crippen molar-refractivity contribution in [3.8, 4) is 0 Å². The van der Waals surface area contributed by atoms with Crippen LogP contribution in [-0.4, -0.2) is 12.5 Å². The van der Waals surface area contributed by atoms with Crippen molar-refractivity contribution in [2.45, 2.75) is 19.3 Å². The lowest BCUT2D eigenvalue weighted by atomic mass is 10.1. The SMILES string of the molecule is C=C(NOCC1CC1)N(C(=O)Cc1ccccc1)c1c(Cl)cccc1Cl. The highest BCUT2D eigenvalue weighted by molar-refractivity contribution is 6.40. The molecule has 0 heterocycles. The Kier molecular flexibility index (Phi) is 6.20. The van der Waals surface area contributed by atoms with E-state index in [0.717, 1.165) is 5.56 Å². The van der Waals surface area contributed by atoms with Gasteiger partial charge in [0.2, 0.25) is 5.91 Å². The maximum Gasteiger partial charge on any atom is 0.237 e. The molecule has 0 aliphatic heterocycles. The summed E-state index contributed by atoms with van der Waals surface area (Å²) in [6.45, 7) is 4.52. The molecule has 0 atom stereocenters. The molecule has 1 saturated carbocycles. The maximum atomic E-state index is 13.0. The Labute approximate surface area is 163 Å². The first-order chi connectivity index (χ1) is 12.6. The number of benzene rings is 2. The Morgan fingerprint density at radius 1 is 1.12 bits per heavy atom. The normalized spacial score (nSPS) is 13.3. The van der Waals surface area contributed by atoms with E-state index in [1.54, 1.807) is 18.2 Å². The zero-order valence-electron chi connectivity index (χ0n) is 14.3. The standard InChI is InChI=1S/C20H20Cl2N2O2/c1-14(23-26-13-16-10-11-16)24(20-17(21)8-5-9-18(20)22)19(25)12-15-6-3-2-4-7-15/h2-9,16,23H,1,10-13H2. The lowest BCUT2D eigenvalue weighted by molar-refractivity contribution is -0.117. The fraction of sp³-hybridized carbons (Fsp3) is 0.250. The zero-order valence-corrected chi connectivity index (χ0v) is 15.8.